The van der Waals surface area contributed by atoms with Crippen molar-refractivity contribution in [2.75, 3.05) is 6.61 Å². The number of benzene rings is 3. The predicted molar refractivity (Wildman–Crippen MR) is 142 cm³/mol. The molecule has 0 atom stereocenters. The van der Waals surface area contributed by atoms with Crippen LogP contribution in [0.4, 0.5) is 13.2 Å². The van der Waals surface area contributed by atoms with E-state index in [4.69, 9.17) is 19.8 Å². The average Bonchev–Trinajstić information content (AvgIpc) is 3.33. The van der Waals surface area contributed by atoms with Crippen molar-refractivity contribution in [1.82, 2.24) is 4.98 Å². The summed E-state index contributed by atoms with van der Waals surface area (Å²) in [5.74, 6) is 0.515. The van der Waals surface area contributed by atoms with Crippen LogP contribution < -0.4 is 9.47 Å². The first-order valence-electron chi connectivity index (χ1n) is 11.5. The van der Waals surface area contributed by atoms with E-state index in [0.717, 1.165) is 27.5 Å². The zero-order chi connectivity index (χ0) is 28.0. The molecule has 11 heteroatoms. The largest absolute Gasteiger partial charge is 0.487 e. The maximum Gasteiger partial charge on any atom is 0.416 e. The lowest BCUT2D eigenvalue weighted by atomic mass is 10.1. The molecule has 6 nitrogen and oxygen atoms in total. The lowest BCUT2D eigenvalue weighted by Crippen LogP contribution is -2.09. The molecule has 0 aliphatic carbocycles. The second-order valence-electron chi connectivity index (χ2n) is 8.29. The fourth-order valence-electron chi connectivity index (χ4n) is 3.47. The number of halogens is 3. The minimum Gasteiger partial charge on any atom is -0.487 e. The molecule has 1 N–H and O–H groups in total. The van der Waals surface area contributed by atoms with Crippen molar-refractivity contribution < 1.29 is 32.5 Å². The average molecular weight is 571 g/mol. The van der Waals surface area contributed by atoms with Gasteiger partial charge in [-0.05, 0) is 67.1 Å². The van der Waals surface area contributed by atoms with Crippen LogP contribution in [-0.4, -0.2) is 22.7 Å². The SMILES string of the molecule is Cc1cc(SCc2sc(-c3ccc(C(F)(F)F)cc3)nc2COc2ccc(C#N)cc2)ccc1OCC(=O)O. The van der Waals surface area contributed by atoms with Crippen LogP contribution in [0.15, 0.2) is 71.6 Å². The Labute approximate surface area is 230 Å². The summed E-state index contributed by atoms with van der Waals surface area (Å²) in [5, 5.41) is 18.4. The van der Waals surface area contributed by atoms with Gasteiger partial charge in [0.05, 0.1) is 22.9 Å². The molecule has 0 saturated carbocycles. The van der Waals surface area contributed by atoms with E-state index in [0.29, 0.717) is 39.1 Å². The van der Waals surface area contributed by atoms with Crippen molar-refractivity contribution >= 4 is 29.1 Å². The highest BCUT2D eigenvalue weighted by atomic mass is 32.2. The van der Waals surface area contributed by atoms with E-state index in [1.54, 1.807) is 30.3 Å². The maximum absolute atomic E-state index is 13.0. The van der Waals surface area contributed by atoms with Crippen molar-refractivity contribution in [2.45, 2.75) is 30.4 Å². The maximum atomic E-state index is 13.0. The Morgan fingerprint density at radius 3 is 2.41 bits per heavy atom. The van der Waals surface area contributed by atoms with E-state index in [1.807, 2.05) is 19.1 Å². The summed E-state index contributed by atoms with van der Waals surface area (Å²) in [6.45, 7) is 1.54. The first kappa shape index (κ1) is 28.0. The molecule has 0 aliphatic heterocycles. The minimum atomic E-state index is -4.42. The van der Waals surface area contributed by atoms with Gasteiger partial charge >= 0.3 is 12.1 Å². The van der Waals surface area contributed by atoms with Gasteiger partial charge in [0.25, 0.3) is 0 Å². The van der Waals surface area contributed by atoms with Crippen molar-refractivity contribution in [2.24, 2.45) is 0 Å². The van der Waals surface area contributed by atoms with E-state index >= 15 is 0 Å². The number of hydrogen-bond donors (Lipinski definition) is 1. The number of carboxylic acids is 1. The molecule has 200 valence electrons. The highest BCUT2D eigenvalue weighted by Gasteiger charge is 2.30. The molecule has 0 fully saturated rings. The third-order valence-corrected chi connectivity index (χ3v) is 7.81. The van der Waals surface area contributed by atoms with E-state index < -0.39 is 24.3 Å². The Kier molecular flexibility index (Phi) is 8.79. The number of carboxylic acid groups (broad SMARTS) is 1. The molecule has 1 heterocycles. The number of aryl methyl sites for hydroxylation is 1. The van der Waals surface area contributed by atoms with Crippen LogP contribution in [0, 0.1) is 18.3 Å². The van der Waals surface area contributed by atoms with Crippen LogP contribution in [-0.2, 0) is 23.3 Å². The van der Waals surface area contributed by atoms with E-state index in [9.17, 15) is 18.0 Å². The fraction of sp³-hybridized carbons (Fsp3) is 0.179. The Bertz CT molecular complexity index is 1500. The third-order valence-electron chi connectivity index (χ3n) is 5.46. The number of alkyl halides is 3. The van der Waals surface area contributed by atoms with Gasteiger partial charge in [0.2, 0.25) is 0 Å². The zero-order valence-electron chi connectivity index (χ0n) is 20.5. The van der Waals surface area contributed by atoms with Crippen LogP contribution >= 0.6 is 23.1 Å². The first-order chi connectivity index (χ1) is 18.6. The van der Waals surface area contributed by atoms with Crippen LogP contribution in [0.2, 0.25) is 0 Å². The van der Waals surface area contributed by atoms with Gasteiger partial charge < -0.3 is 14.6 Å². The monoisotopic (exact) mass is 570 g/mol. The van der Waals surface area contributed by atoms with Gasteiger partial charge in [-0.25, -0.2) is 9.78 Å². The number of thiazole rings is 1. The molecule has 0 amide bonds. The quantitative estimate of drug-likeness (QED) is 0.199. The number of ether oxygens (including phenoxy) is 2. The Hall–Kier alpha value is -4.01. The third kappa shape index (κ3) is 7.52. The molecule has 0 aliphatic rings. The zero-order valence-corrected chi connectivity index (χ0v) is 22.1. The molecule has 0 bridgehead atoms. The molecule has 39 heavy (non-hydrogen) atoms. The summed E-state index contributed by atoms with van der Waals surface area (Å²) in [7, 11) is 0. The van der Waals surface area contributed by atoms with E-state index in [2.05, 4.69) is 11.1 Å². The highest BCUT2D eigenvalue weighted by Crippen LogP contribution is 2.36. The van der Waals surface area contributed by atoms with Crippen molar-refractivity contribution in [3.05, 3.63) is 94.0 Å². The topological polar surface area (TPSA) is 92.4 Å². The summed E-state index contributed by atoms with van der Waals surface area (Å²) in [6, 6.07) is 19.0. The normalized spacial score (nSPS) is 11.2. The van der Waals surface area contributed by atoms with Gasteiger partial charge in [0.15, 0.2) is 6.61 Å². The van der Waals surface area contributed by atoms with Crippen molar-refractivity contribution in [1.29, 1.82) is 5.26 Å². The lowest BCUT2D eigenvalue weighted by molar-refractivity contribution is -0.139. The smallest absolute Gasteiger partial charge is 0.416 e. The van der Waals surface area contributed by atoms with Gasteiger partial charge in [-0.2, -0.15) is 18.4 Å². The standard InChI is InChI=1S/C28H21F3N2O4S2/c1-17-12-22(10-11-24(17)37-15-26(34)35)38-16-25-23(14-36-21-8-2-18(13-32)3-9-21)33-27(39-25)19-4-6-20(7-5-19)28(29,30)31/h2-12H,14-16H2,1H3,(H,34,35). The number of rotatable bonds is 10. The summed E-state index contributed by atoms with van der Waals surface area (Å²) in [6.07, 6.45) is -4.42. The number of hydrogen-bond acceptors (Lipinski definition) is 7. The number of aliphatic carboxylic acids is 1. The first-order valence-corrected chi connectivity index (χ1v) is 13.3. The Morgan fingerprint density at radius 2 is 1.79 bits per heavy atom. The fourth-order valence-corrected chi connectivity index (χ4v) is 5.64. The molecule has 0 saturated heterocycles. The lowest BCUT2D eigenvalue weighted by Gasteiger charge is -2.09. The molecule has 0 unspecified atom stereocenters. The summed E-state index contributed by atoms with van der Waals surface area (Å²) >= 11 is 2.91. The van der Waals surface area contributed by atoms with E-state index in [-0.39, 0.29) is 6.61 Å². The minimum absolute atomic E-state index is 0.139. The van der Waals surface area contributed by atoms with Gasteiger partial charge in [-0.15, -0.1) is 23.1 Å². The molecular weight excluding hydrogens is 549 g/mol. The van der Waals surface area contributed by atoms with Crippen LogP contribution in [0.3, 0.4) is 0 Å². The molecule has 3 aromatic carbocycles. The molecule has 4 aromatic rings. The molecule has 0 spiro atoms. The second kappa shape index (κ2) is 12.2. The summed E-state index contributed by atoms with van der Waals surface area (Å²) < 4.78 is 50.2. The number of thioether (sulfide) groups is 1. The van der Waals surface area contributed by atoms with Crippen molar-refractivity contribution in [3.63, 3.8) is 0 Å². The van der Waals surface area contributed by atoms with Gasteiger partial charge in [0, 0.05) is 21.1 Å². The summed E-state index contributed by atoms with van der Waals surface area (Å²) in [4.78, 5) is 17.3. The number of nitriles is 1. The molecule has 1 aromatic heterocycles. The van der Waals surface area contributed by atoms with Crippen LogP contribution in [0.1, 0.15) is 27.3 Å². The van der Waals surface area contributed by atoms with Gasteiger partial charge in [0.1, 0.15) is 23.1 Å². The number of carbonyl (C=O) groups is 1. The van der Waals surface area contributed by atoms with Gasteiger partial charge in [-0.1, -0.05) is 12.1 Å². The second-order valence-corrected chi connectivity index (χ2v) is 10.4. The molecule has 0 radical (unpaired) electrons. The van der Waals surface area contributed by atoms with Crippen LogP contribution in [0.5, 0.6) is 11.5 Å². The Balaban J connectivity index is 1.54. The Morgan fingerprint density at radius 1 is 1.08 bits per heavy atom. The van der Waals surface area contributed by atoms with Crippen LogP contribution in [0.25, 0.3) is 10.6 Å². The van der Waals surface area contributed by atoms with Crippen molar-refractivity contribution in [3.8, 4) is 28.1 Å². The van der Waals surface area contributed by atoms with E-state index in [1.165, 1.54) is 35.2 Å². The predicted octanol–water partition coefficient (Wildman–Crippen LogP) is 7.34. The highest BCUT2D eigenvalue weighted by molar-refractivity contribution is 7.98. The number of nitrogens with zero attached hydrogens (tertiary/aromatic N) is 2. The number of aromatic nitrogens is 1. The molecular formula is C28H21F3N2O4S2. The molecule has 4 rings (SSSR count). The summed E-state index contributed by atoms with van der Waals surface area (Å²) in [5.41, 5.74) is 1.80. The van der Waals surface area contributed by atoms with Gasteiger partial charge in [-0.3, -0.25) is 0 Å².